The maximum atomic E-state index is 2.69. The molecule has 0 spiro atoms. The molecule has 0 amide bonds. The molecule has 0 aromatic heterocycles. The van der Waals surface area contributed by atoms with Gasteiger partial charge in [0, 0.05) is 0 Å². The van der Waals surface area contributed by atoms with E-state index in [1.54, 1.807) is 32.6 Å². The SMILES string of the molecule is C[SiH](c1ccccc1)[Hf+]([C]1=CC=CC1)[c]1cc(C(C)(C)C)cc2c1Cc1c-2cccc1C(C)(C)C.C[SiH](c1ccccc1)[Hf+]([C]1=CC=CC1)[c]1cc(C(C)(C)C)cc2c1Cc1c-2cccc1C(C)(C)C.[Cl-].[Cl-]. The van der Waals surface area contributed by atoms with E-state index in [0.717, 1.165) is 12.8 Å². The summed E-state index contributed by atoms with van der Waals surface area (Å²) >= 11 is -4.72. The molecule has 0 heterocycles. The van der Waals surface area contributed by atoms with Crippen molar-refractivity contribution in [2.45, 2.75) is 144 Å². The third kappa shape index (κ3) is 11.6. The van der Waals surface area contributed by atoms with Crippen molar-refractivity contribution in [1.29, 1.82) is 0 Å². The van der Waals surface area contributed by atoms with E-state index >= 15 is 0 Å². The van der Waals surface area contributed by atoms with Crippen LogP contribution >= 0.6 is 0 Å². The minimum absolute atomic E-state index is 0. The Morgan fingerprint density at radius 2 is 0.750 bits per heavy atom. The van der Waals surface area contributed by atoms with Crippen LogP contribution in [0.25, 0.3) is 22.3 Å². The first-order valence-corrected chi connectivity index (χ1v) is 50.5. The number of fused-ring (bicyclic) bond motifs is 6. The van der Waals surface area contributed by atoms with E-state index in [2.05, 4.69) is 254 Å². The molecular weight excluding hydrogens is 1280 g/mol. The van der Waals surface area contributed by atoms with Gasteiger partial charge in [-0.2, -0.15) is 0 Å². The summed E-state index contributed by atoms with van der Waals surface area (Å²) in [4.78, 5) is 0. The zero-order valence-electron chi connectivity index (χ0n) is 45.8. The van der Waals surface area contributed by atoms with E-state index in [4.69, 9.17) is 0 Å². The summed E-state index contributed by atoms with van der Waals surface area (Å²) in [6.07, 6.45) is 19.0. The van der Waals surface area contributed by atoms with E-state index in [1.165, 1.54) is 57.3 Å². The molecule has 0 aliphatic heterocycles. The van der Waals surface area contributed by atoms with Crippen molar-refractivity contribution in [3.63, 3.8) is 0 Å². The van der Waals surface area contributed by atoms with Crippen molar-refractivity contribution >= 4 is 29.0 Å². The van der Waals surface area contributed by atoms with E-state index in [0.29, 0.717) is 0 Å². The van der Waals surface area contributed by atoms with Crippen LogP contribution in [0, 0.1) is 0 Å². The van der Waals surface area contributed by atoms with Crippen LogP contribution < -0.4 is 41.8 Å². The van der Waals surface area contributed by atoms with Gasteiger partial charge in [0.2, 0.25) is 0 Å². The van der Waals surface area contributed by atoms with Crippen molar-refractivity contribution in [2.75, 3.05) is 0 Å². The Hall–Kier alpha value is -2.97. The maximum Gasteiger partial charge on any atom is -1.00 e. The van der Waals surface area contributed by atoms with Gasteiger partial charge in [0.25, 0.3) is 0 Å². The molecule has 6 heteroatoms. The Morgan fingerprint density at radius 3 is 1.06 bits per heavy atom. The van der Waals surface area contributed by atoms with Crippen molar-refractivity contribution in [2.24, 2.45) is 0 Å². The Balaban J connectivity index is 0.000000206. The summed E-state index contributed by atoms with van der Waals surface area (Å²) in [5.74, 6) is -2.21. The Bertz CT molecular complexity index is 2850. The first-order valence-electron chi connectivity index (χ1n) is 26.3. The topological polar surface area (TPSA) is 0 Å². The monoisotopic (exact) mass is 1360 g/mol. The predicted molar refractivity (Wildman–Crippen MR) is 305 cm³/mol. The average molecular weight is 1360 g/mol. The van der Waals surface area contributed by atoms with Crippen LogP contribution in [-0.4, -0.2) is 12.0 Å². The van der Waals surface area contributed by atoms with Gasteiger partial charge < -0.3 is 24.8 Å². The summed E-state index contributed by atoms with van der Waals surface area (Å²) in [6.45, 7) is 33.9. The first kappa shape index (κ1) is 56.8. The van der Waals surface area contributed by atoms with E-state index in [-0.39, 0.29) is 46.5 Å². The van der Waals surface area contributed by atoms with E-state index in [9.17, 15) is 0 Å². The minimum Gasteiger partial charge on any atom is -1.00 e. The number of hydrogen-bond donors (Lipinski definition) is 0. The molecule has 0 N–H and O–H groups in total. The second kappa shape index (κ2) is 22.3. The van der Waals surface area contributed by atoms with Crippen LogP contribution in [0.5, 0.6) is 0 Å². The molecule has 0 saturated heterocycles. The average Bonchev–Trinajstić information content (AvgIpc) is 4.16. The molecule has 4 aliphatic carbocycles. The molecule has 372 valence electrons. The molecule has 2 atom stereocenters. The molecule has 6 aromatic carbocycles. The fraction of sp³-hybridized carbons (Fsp3) is 0.333. The van der Waals surface area contributed by atoms with E-state index in [1.807, 2.05) is 13.3 Å². The van der Waals surface area contributed by atoms with Crippen LogP contribution in [0.2, 0.25) is 13.1 Å². The third-order valence-corrected chi connectivity index (χ3v) is 72.3. The van der Waals surface area contributed by atoms with Crippen molar-refractivity contribution < 1.29 is 66.0 Å². The van der Waals surface area contributed by atoms with Crippen molar-refractivity contribution in [1.82, 2.24) is 0 Å². The summed E-state index contributed by atoms with van der Waals surface area (Å²) < 4.78 is 7.26. The molecule has 0 bridgehead atoms. The second-order valence-electron chi connectivity index (χ2n) is 24.9. The van der Waals surface area contributed by atoms with Crippen molar-refractivity contribution in [3.8, 4) is 22.3 Å². The van der Waals surface area contributed by atoms with Gasteiger partial charge in [-0.15, -0.1) is 0 Å². The molecule has 0 radical (unpaired) electrons. The van der Waals surface area contributed by atoms with Crippen LogP contribution in [-0.2, 0) is 75.7 Å². The number of hydrogen-bond acceptors (Lipinski definition) is 0. The fourth-order valence-corrected chi connectivity index (χ4v) is 70.3. The van der Waals surface area contributed by atoms with Gasteiger partial charge in [0.15, 0.2) is 0 Å². The number of halogens is 2. The van der Waals surface area contributed by atoms with E-state index < -0.39 is 53.2 Å². The first-order chi connectivity index (χ1) is 33.1. The minimum atomic E-state index is -2.36. The summed E-state index contributed by atoms with van der Waals surface area (Å²) in [6, 6.07) is 47.7. The fourth-order valence-electron chi connectivity index (χ4n) is 11.8. The van der Waals surface area contributed by atoms with Gasteiger partial charge >= 0.3 is 445 Å². The molecular formula is C66H78Cl2Hf2Si2. The van der Waals surface area contributed by atoms with Crippen LogP contribution in [0.15, 0.2) is 164 Å². The third-order valence-electron chi connectivity index (χ3n) is 15.8. The molecule has 4 aliphatic rings. The predicted octanol–water partition coefficient (Wildman–Crippen LogP) is 8.41. The van der Waals surface area contributed by atoms with Gasteiger partial charge in [-0.05, 0) is 0 Å². The number of benzene rings is 6. The van der Waals surface area contributed by atoms with Gasteiger partial charge in [0.05, 0.1) is 0 Å². The summed E-state index contributed by atoms with van der Waals surface area (Å²) in [5.41, 5.74) is 19.3. The molecule has 0 fully saturated rings. The van der Waals surface area contributed by atoms with Gasteiger partial charge in [0.1, 0.15) is 0 Å². The maximum absolute atomic E-state index is 2.69. The molecule has 0 nitrogen and oxygen atoms in total. The zero-order valence-corrected chi connectivity index (χ0v) is 56.8. The smallest absolute Gasteiger partial charge is 1.00 e. The van der Waals surface area contributed by atoms with Crippen LogP contribution in [0.4, 0.5) is 0 Å². The molecule has 6 aromatic rings. The molecule has 10 rings (SSSR count). The zero-order chi connectivity index (χ0) is 49.9. The quantitative estimate of drug-likeness (QED) is 0.134. The molecule has 72 heavy (non-hydrogen) atoms. The number of rotatable bonds is 8. The molecule has 0 saturated carbocycles. The molecule has 2 unspecified atom stereocenters. The second-order valence-corrected chi connectivity index (χ2v) is 71.6. The standard InChI is InChI=1S/2C21H25.2C7H9Si.2C5H5.2ClH.2Hf/c2*1-20(2,3)15-11-10-14-12-18-16(17(14)13-15)8-7-9-19(18)21(4,5)6;2*1-8-7-5-3-2-4-6-7;2*1-2-4-5-3-1;;;;/h2*7-9,11,13H,12H2,1-6H3;2*2-6,8H,1H3;2*1-3H,4H2;2*1H;;/q;;;;;;;;2*+1/p-2. The number of allylic oxidation sites excluding steroid dienone is 8. The van der Waals surface area contributed by atoms with Crippen molar-refractivity contribution in [3.05, 3.63) is 209 Å². The summed E-state index contributed by atoms with van der Waals surface area (Å²) in [5, 5.41) is 3.31. The van der Waals surface area contributed by atoms with Crippen LogP contribution in [0.3, 0.4) is 0 Å². The Labute approximate surface area is 465 Å². The van der Waals surface area contributed by atoms with Gasteiger partial charge in [-0.1, -0.05) is 0 Å². The Morgan fingerprint density at radius 1 is 0.389 bits per heavy atom. The Kier molecular flexibility index (Phi) is 17.6. The van der Waals surface area contributed by atoms with Gasteiger partial charge in [-0.3, -0.25) is 0 Å². The summed E-state index contributed by atoms with van der Waals surface area (Å²) in [7, 11) is 0. The normalized spacial score (nSPS) is 15.1. The van der Waals surface area contributed by atoms with Gasteiger partial charge in [-0.25, -0.2) is 0 Å². The van der Waals surface area contributed by atoms with Crippen LogP contribution in [0.1, 0.15) is 140 Å². The largest absolute Gasteiger partial charge is 1.00 e.